The highest BCUT2D eigenvalue weighted by Crippen LogP contribution is 2.29. The van der Waals surface area contributed by atoms with Crippen molar-refractivity contribution in [2.75, 3.05) is 12.4 Å². The van der Waals surface area contributed by atoms with Crippen LogP contribution in [0.5, 0.6) is 0 Å². The van der Waals surface area contributed by atoms with Crippen molar-refractivity contribution in [3.8, 4) is 11.4 Å². The van der Waals surface area contributed by atoms with E-state index in [0.29, 0.717) is 28.9 Å². The van der Waals surface area contributed by atoms with Crippen LogP contribution in [-0.4, -0.2) is 39.0 Å². The zero-order valence-corrected chi connectivity index (χ0v) is 18.4. The van der Waals surface area contributed by atoms with Gasteiger partial charge < -0.3 is 9.15 Å². The third-order valence-corrected chi connectivity index (χ3v) is 6.63. The SMILES string of the molecule is Cc1c(C(=O)CSc2nnc(-c3ccc(F)cc3)n2C[C@@H]2CCCO2)oc2ccccc12. The number of hydrogen-bond acceptors (Lipinski definition) is 6. The van der Waals surface area contributed by atoms with E-state index in [4.69, 9.17) is 9.15 Å². The minimum absolute atomic E-state index is 0.0675. The molecule has 0 radical (unpaired) electrons. The van der Waals surface area contributed by atoms with Gasteiger partial charge in [0.2, 0.25) is 5.78 Å². The Balaban J connectivity index is 1.40. The zero-order valence-electron chi connectivity index (χ0n) is 17.6. The van der Waals surface area contributed by atoms with Crippen molar-refractivity contribution in [2.45, 2.75) is 37.6 Å². The highest BCUT2D eigenvalue weighted by atomic mass is 32.2. The minimum atomic E-state index is -0.305. The first kappa shape index (κ1) is 20.9. The number of ether oxygens (including phenoxy) is 1. The van der Waals surface area contributed by atoms with E-state index < -0.39 is 0 Å². The Labute approximate surface area is 188 Å². The second kappa shape index (κ2) is 8.88. The normalized spacial score (nSPS) is 16.1. The van der Waals surface area contributed by atoms with Gasteiger partial charge in [-0.15, -0.1) is 10.2 Å². The van der Waals surface area contributed by atoms with Crippen LogP contribution in [0.1, 0.15) is 29.0 Å². The fourth-order valence-electron chi connectivity index (χ4n) is 4.00. The van der Waals surface area contributed by atoms with Crippen molar-refractivity contribution in [2.24, 2.45) is 0 Å². The van der Waals surface area contributed by atoms with Gasteiger partial charge in [0.25, 0.3) is 0 Å². The lowest BCUT2D eigenvalue weighted by atomic mass is 10.1. The third-order valence-electron chi connectivity index (χ3n) is 5.66. The summed E-state index contributed by atoms with van der Waals surface area (Å²) in [6.07, 6.45) is 2.05. The number of furan rings is 1. The molecule has 164 valence electrons. The number of Topliss-reactive ketones (excluding diaryl/α,β-unsaturated/α-hetero) is 1. The molecule has 0 unspecified atom stereocenters. The number of fused-ring (bicyclic) bond motifs is 1. The average Bonchev–Trinajstić information content (AvgIpc) is 3.53. The van der Waals surface area contributed by atoms with E-state index >= 15 is 0 Å². The first-order valence-electron chi connectivity index (χ1n) is 10.5. The summed E-state index contributed by atoms with van der Waals surface area (Å²) in [5.41, 5.74) is 2.32. The van der Waals surface area contributed by atoms with Gasteiger partial charge in [0, 0.05) is 23.1 Å². The number of rotatable bonds is 7. The molecule has 1 saturated heterocycles. The van der Waals surface area contributed by atoms with Crippen LogP contribution in [0, 0.1) is 12.7 Å². The van der Waals surface area contributed by atoms with E-state index in [1.165, 1.54) is 23.9 Å². The van der Waals surface area contributed by atoms with E-state index in [9.17, 15) is 9.18 Å². The predicted octanol–water partition coefficient (Wildman–Crippen LogP) is 5.29. The lowest BCUT2D eigenvalue weighted by Gasteiger charge is -2.14. The molecule has 1 atom stereocenters. The molecular formula is C24H22FN3O3S. The van der Waals surface area contributed by atoms with Crippen LogP contribution in [0.2, 0.25) is 0 Å². The number of thioether (sulfide) groups is 1. The van der Waals surface area contributed by atoms with E-state index in [-0.39, 0.29) is 23.5 Å². The number of aromatic nitrogens is 3. The zero-order chi connectivity index (χ0) is 22.1. The maximum Gasteiger partial charge on any atom is 0.208 e. The molecule has 4 aromatic rings. The number of nitrogens with zero attached hydrogens (tertiary/aromatic N) is 3. The van der Waals surface area contributed by atoms with Crippen molar-refractivity contribution in [3.05, 3.63) is 65.7 Å². The van der Waals surface area contributed by atoms with Crippen molar-refractivity contribution in [1.29, 1.82) is 0 Å². The molecule has 0 bridgehead atoms. The number of aryl methyl sites for hydroxylation is 1. The minimum Gasteiger partial charge on any atom is -0.453 e. The maximum absolute atomic E-state index is 13.4. The van der Waals surface area contributed by atoms with Gasteiger partial charge in [-0.1, -0.05) is 30.0 Å². The molecule has 1 aliphatic rings. The van der Waals surface area contributed by atoms with Gasteiger partial charge in [0.05, 0.1) is 18.4 Å². The molecule has 0 N–H and O–H groups in total. The predicted molar refractivity (Wildman–Crippen MR) is 120 cm³/mol. The summed E-state index contributed by atoms with van der Waals surface area (Å²) in [7, 11) is 0. The molecule has 1 fully saturated rings. The second-order valence-electron chi connectivity index (χ2n) is 7.82. The molecule has 8 heteroatoms. The fraction of sp³-hybridized carbons (Fsp3) is 0.292. The quantitative estimate of drug-likeness (QED) is 0.281. The van der Waals surface area contributed by atoms with E-state index in [2.05, 4.69) is 10.2 Å². The van der Waals surface area contributed by atoms with Gasteiger partial charge in [0.1, 0.15) is 11.4 Å². The molecule has 6 nitrogen and oxygen atoms in total. The monoisotopic (exact) mass is 451 g/mol. The summed E-state index contributed by atoms with van der Waals surface area (Å²) in [6, 6.07) is 13.8. The molecule has 2 aromatic carbocycles. The van der Waals surface area contributed by atoms with E-state index in [1.807, 2.05) is 35.8 Å². The van der Waals surface area contributed by atoms with Gasteiger partial charge in [-0.05, 0) is 50.1 Å². The van der Waals surface area contributed by atoms with Crippen LogP contribution in [0.4, 0.5) is 4.39 Å². The fourth-order valence-corrected chi connectivity index (χ4v) is 4.81. The standard InChI is InChI=1S/C24H22FN3O3S/c1-15-19-6-2-3-7-21(19)31-22(15)20(29)14-32-24-27-26-23(16-8-10-17(25)11-9-16)28(24)13-18-5-4-12-30-18/h2-3,6-11,18H,4-5,12-14H2,1H3/t18-/m0/s1. The first-order chi connectivity index (χ1) is 15.6. The Morgan fingerprint density at radius 3 is 2.75 bits per heavy atom. The second-order valence-corrected chi connectivity index (χ2v) is 8.77. The van der Waals surface area contributed by atoms with E-state index in [1.54, 1.807) is 12.1 Å². The number of ketones is 1. The van der Waals surface area contributed by atoms with Crippen molar-refractivity contribution < 1.29 is 18.3 Å². The van der Waals surface area contributed by atoms with Crippen molar-refractivity contribution in [1.82, 2.24) is 14.8 Å². The van der Waals surface area contributed by atoms with Gasteiger partial charge >= 0.3 is 0 Å². The van der Waals surface area contributed by atoms with Crippen molar-refractivity contribution in [3.63, 3.8) is 0 Å². The molecule has 32 heavy (non-hydrogen) atoms. The Bertz CT molecular complexity index is 1260. The molecule has 0 amide bonds. The number of para-hydroxylation sites is 1. The molecule has 0 saturated carbocycles. The van der Waals surface area contributed by atoms with Crippen LogP contribution >= 0.6 is 11.8 Å². The Morgan fingerprint density at radius 1 is 1.19 bits per heavy atom. The summed E-state index contributed by atoms with van der Waals surface area (Å²) >= 11 is 1.32. The molecule has 1 aliphatic heterocycles. The molecule has 0 aliphatic carbocycles. The smallest absolute Gasteiger partial charge is 0.208 e. The molecular weight excluding hydrogens is 429 g/mol. The third kappa shape index (κ3) is 4.08. The van der Waals surface area contributed by atoms with E-state index in [0.717, 1.165) is 36.0 Å². The molecule has 5 rings (SSSR count). The Kier molecular flexibility index (Phi) is 5.80. The van der Waals surface area contributed by atoms with Crippen molar-refractivity contribution >= 4 is 28.5 Å². The molecule has 3 heterocycles. The number of benzene rings is 2. The summed E-state index contributed by atoms with van der Waals surface area (Å²) < 4.78 is 27.0. The highest BCUT2D eigenvalue weighted by molar-refractivity contribution is 7.99. The average molecular weight is 452 g/mol. The maximum atomic E-state index is 13.4. The molecule has 0 spiro atoms. The van der Waals surface area contributed by atoms with Gasteiger partial charge in [-0.25, -0.2) is 4.39 Å². The lowest BCUT2D eigenvalue weighted by Crippen LogP contribution is -2.17. The number of carbonyl (C=O) groups is 1. The van der Waals surface area contributed by atoms with Crippen LogP contribution in [0.3, 0.4) is 0 Å². The van der Waals surface area contributed by atoms with Crippen LogP contribution < -0.4 is 0 Å². The summed E-state index contributed by atoms with van der Waals surface area (Å²) in [4.78, 5) is 12.9. The number of hydrogen-bond donors (Lipinski definition) is 0. The van der Waals surface area contributed by atoms with Gasteiger partial charge in [-0.2, -0.15) is 0 Å². The van der Waals surface area contributed by atoms with Gasteiger partial charge in [0.15, 0.2) is 16.7 Å². The highest BCUT2D eigenvalue weighted by Gasteiger charge is 2.24. The molecule has 2 aromatic heterocycles. The number of halogens is 1. The van der Waals surface area contributed by atoms with Crippen LogP contribution in [0.15, 0.2) is 58.1 Å². The first-order valence-corrected chi connectivity index (χ1v) is 11.5. The summed E-state index contributed by atoms with van der Waals surface area (Å²) in [6.45, 7) is 3.22. The Hall–Kier alpha value is -2.97. The topological polar surface area (TPSA) is 70.2 Å². The summed E-state index contributed by atoms with van der Waals surface area (Å²) in [5, 5.41) is 10.2. The number of carbonyl (C=O) groups excluding carboxylic acids is 1. The van der Waals surface area contributed by atoms with Gasteiger partial charge in [-0.3, -0.25) is 9.36 Å². The summed E-state index contributed by atoms with van der Waals surface area (Å²) in [5.74, 6) is 0.783. The van der Waals surface area contributed by atoms with Crippen LogP contribution in [-0.2, 0) is 11.3 Å². The van der Waals surface area contributed by atoms with Crippen LogP contribution in [0.25, 0.3) is 22.4 Å². The Morgan fingerprint density at radius 2 is 2.00 bits per heavy atom. The lowest BCUT2D eigenvalue weighted by molar-refractivity contribution is 0.0953. The largest absolute Gasteiger partial charge is 0.453 e.